The van der Waals surface area contributed by atoms with Gasteiger partial charge in [-0.05, 0) is 32.4 Å². The van der Waals surface area contributed by atoms with Crippen molar-refractivity contribution < 1.29 is 13.2 Å². The summed E-state index contributed by atoms with van der Waals surface area (Å²) in [4.78, 5) is 6.85. The molecule has 1 aliphatic heterocycles. The van der Waals surface area contributed by atoms with Gasteiger partial charge in [-0.25, -0.2) is 4.98 Å². The second-order valence-electron chi connectivity index (χ2n) is 5.00. The summed E-state index contributed by atoms with van der Waals surface area (Å²) in [5, 5.41) is 3.32. The molecule has 7 heteroatoms. The summed E-state index contributed by atoms with van der Waals surface area (Å²) in [6, 6.07) is 0. The molecule has 1 aromatic rings. The third-order valence-corrected chi connectivity index (χ3v) is 4.27. The van der Waals surface area contributed by atoms with Gasteiger partial charge in [0, 0.05) is 18.0 Å². The maximum atomic E-state index is 12.3. The molecule has 0 radical (unpaired) electrons. The molecule has 1 N–H and O–H groups in total. The fraction of sp³-hybridized carbons (Fsp3) is 0.750. The number of halogens is 3. The fourth-order valence-corrected chi connectivity index (χ4v) is 3.11. The Morgan fingerprint density at radius 1 is 1.53 bits per heavy atom. The van der Waals surface area contributed by atoms with Crippen LogP contribution in [0.1, 0.15) is 17.0 Å². The summed E-state index contributed by atoms with van der Waals surface area (Å²) >= 11 is 1.61. The molecule has 2 heterocycles. The van der Waals surface area contributed by atoms with Gasteiger partial charge in [-0.1, -0.05) is 0 Å². The molecular weight excluding hydrogens is 275 g/mol. The zero-order chi connectivity index (χ0) is 13.9. The zero-order valence-electron chi connectivity index (χ0n) is 10.8. The summed E-state index contributed by atoms with van der Waals surface area (Å²) in [7, 11) is 0. The van der Waals surface area contributed by atoms with E-state index in [1.165, 1.54) is 9.78 Å². The minimum atomic E-state index is -4.08. The summed E-state index contributed by atoms with van der Waals surface area (Å²) in [5.41, 5.74) is 2.84. The molecule has 3 nitrogen and oxygen atoms in total. The molecule has 0 spiro atoms. The van der Waals surface area contributed by atoms with E-state index in [0.717, 1.165) is 25.2 Å². The molecule has 1 atom stereocenters. The molecular formula is C12H18F3N3S. The van der Waals surface area contributed by atoms with Crippen LogP contribution in [0.3, 0.4) is 0 Å². The Kier molecular flexibility index (Phi) is 4.81. The van der Waals surface area contributed by atoms with Crippen molar-refractivity contribution in [2.75, 3.05) is 26.2 Å². The first-order valence-electron chi connectivity index (χ1n) is 6.33. The molecule has 2 rings (SSSR count). The number of likely N-dealkylation sites (tertiary alicyclic amines) is 1. The van der Waals surface area contributed by atoms with Gasteiger partial charge in [-0.2, -0.15) is 13.2 Å². The Labute approximate surface area is 114 Å². The average Bonchev–Trinajstić information content (AvgIpc) is 2.87. The van der Waals surface area contributed by atoms with E-state index in [4.69, 9.17) is 0 Å². The Hall–Kier alpha value is -0.660. The first-order chi connectivity index (χ1) is 8.94. The van der Waals surface area contributed by atoms with Crippen LogP contribution in [0, 0.1) is 12.8 Å². The molecule has 19 heavy (non-hydrogen) atoms. The van der Waals surface area contributed by atoms with E-state index in [9.17, 15) is 13.2 Å². The van der Waals surface area contributed by atoms with Crippen LogP contribution < -0.4 is 5.32 Å². The van der Waals surface area contributed by atoms with Gasteiger partial charge in [0.05, 0.1) is 17.7 Å². The average molecular weight is 293 g/mol. The van der Waals surface area contributed by atoms with Crippen molar-refractivity contribution in [1.29, 1.82) is 0 Å². The third-order valence-electron chi connectivity index (χ3n) is 3.34. The van der Waals surface area contributed by atoms with Crippen molar-refractivity contribution >= 4 is 11.3 Å². The highest BCUT2D eigenvalue weighted by molar-refractivity contribution is 7.09. The van der Waals surface area contributed by atoms with E-state index >= 15 is 0 Å². The predicted octanol–water partition coefficient (Wildman–Crippen LogP) is 2.43. The van der Waals surface area contributed by atoms with Crippen LogP contribution in [0.2, 0.25) is 0 Å². The lowest BCUT2D eigenvalue weighted by molar-refractivity contribution is -0.143. The number of hydrogen-bond donors (Lipinski definition) is 1. The van der Waals surface area contributed by atoms with Gasteiger partial charge >= 0.3 is 6.18 Å². The Bertz CT molecular complexity index is 405. The van der Waals surface area contributed by atoms with E-state index in [-0.39, 0.29) is 0 Å². The van der Waals surface area contributed by atoms with Crippen molar-refractivity contribution in [3.63, 3.8) is 0 Å². The molecule has 1 unspecified atom stereocenters. The normalized spacial score (nSPS) is 21.2. The molecule has 0 aliphatic carbocycles. The molecule has 0 saturated carbocycles. The number of rotatable bonds is 5. The Morgan fingerprint density at radius 2 is 2.32 bits per heavy atom. The van der Waals surface area contributed by atoms with E-state index in [2.05, 4.69) is 10.3 Å². The molecule has 1 fully saturated rings. The van der Waals surface area contributed by atoms with E-state index in [1.807, 2.05) is 12.4 Å². The second kappa shape index (κ2) is 6.19. The van der Waals surface area contributed by atoms with Gasteiger partial charge in [0.2, 0.25) is 0 Å². The highest BCUT2D eigenvalue weighted by Gasteiger charge is 2.34. The van der Waals surface area contributed by atoms with Crippen molar-refractivity contribution in [3.05, 3.63) is 16.1 Å². The number of nitrogens with one attached hydrogen (secondary N) is 1. The standard InChI is InChI=1S/C12H18F3N3S/c1-9-11(19-8-17-9)5-16-4-10-2-3-18(6-10)7-12(13,14)15/h8,10,16H,2-7H2,1H3. The highest BCUT2D eigenvalue weighted by atomic mass is 32.1. The summed E-state index contributed by atoms with van der Waals surface area (Å²) in [5.74, 6) is 0.315. The lowest BCUT2D eigenvalue weighted by Crippen LogP contribution is -2.33. The van der Waals surface area contributed by atoms with Crippen LogP contribution in [-0.4, -0.2) is 42.2 Å². The van der Waals surface area contributed by atoms with Crippen LogP contribution in [0.4, 0.5) is 13.2 Å². The molecule has 1 aromatic heterocycles. The van der Waals surface area contributed by atoms with Crippen molar-refractivity contribution in [1.82, 2.24) is 15.2 Å². The predicted molar refractivity (Wildman–Crippen MR) is 69.2 cm³/mol. The van der Waals surface area contributed by atoms with Gasteiger partial charge < -0.3 is 5.32 Å². The van der Waals surface area contributed by atoms with Crippen LogP contribution >= 0.6 is 11.3 Å². The van der Waals surface area contributed by atoms with Crippen molar-refractivity contribution in [3.8, 4) is 0 Å². The molecule has 0 amide bonds. The lowest BCUT2D eigenvalue weighted by Gasteiger charge is -2.17. The quantitative estimate of drug-likeness (QED) is 0.904. The number of aryl methyl sites for hydroxylation is 1. The first kappa shape index (κ1) is 14.7. The van der Waals surface area contributed by atoms with Gasteiger partial charge in [0.15, 0.2) is 0 Å². The number of alkyl halides is 3. The smallest absolute Gasteiger partial charge is 0.311 e. The van der Waals surface area contributed by atoms with Gasteiger partial charge in [-0.3, -0.25) is 4.90 Å². The fourth-order valence-electron chi connectivity index (χ4n) is 2.36. The summed E-state index contributed by atoms with van der Waals surface area (Å²) in [6.07, 6.45) is -3.24. The highest BCUT2D eigenvalue weighted by Crippen LogP contribution is 2.22. The van der Waals surface area contributed by atoms with Crippen LogP contribution in [0.5, 0.6) is 0 Å². The molecule has 1 saturated heterocycles. The van der Waals surface area contributed by atoms with Gasteiger partial charge in [0.1, 0.15) is 0 Å². The summed E-state index contributed by atoms with van der Waals surface area (Å²) < 4.78 is 36.8. The van der Waals surface area contributed by atoms with Crippen molar-refractivity contribution in [2.45, 2.75) is 26.1 Å². The number of aromatic nitrogens is 1. The van der Waals surface area contributed by atoms with E-state index in [0.29, 0.717) is 19.0 Å². The number of hydrogen-bond acceptors (Lipinski definition) is 4. The minimum absolute atomic E-state index is 0.315. The van der Waals surface area contributed by atoms with Gasteiger partial charge in [0.25, 0.3) is 0 Å². The maximum Gasteiger partial charge on any atom is 0.401 e. The minimum Gasteiger partial charge on any atom is -0.311 e. The summed E-state index contributed by atoms with van der Waals surface area (Å²) in [6.45, 7) is 3.79. The second-order valence-corrected chi connectivity index (χ2v) is 5.94. The van der Waals surface area contributed by atoms with E-state index < -0.39 is 12.7 Å². The number of thiazole rings is 1. The monoisotopic (exact) mass is 293 g/mol. The Balaban J connectivity index is 1.67. The number of nitrogens with zero attached hydrogens (tertiary/aromatic N) is 2. The first-order valence-corrected chi connectivity index (χ1v) is 7.21. The largest absolute Gasteiger partial charge is 0.401 e. The van der Waals surface area contributed by atoms with Crippen LogP contribution in [0.15, 0.2) is 5.51 Å². The maximum absolute atomic E-state index is 12.3. The zero-order valence-corrected chi connectivity index (χ0v) is 11.7. The van der Waals surface area contributed by atoms with E-state index in [1.54, 1.807) is 11.3 Å². The van der Waals surface area contributed by atoms with Gasteiger partial charge in [-0.15, -0.1) is 11.3 Å². The molecule has 108 valence electrons. The Morgan fingerprint density at radius 3 is 2.95 bits per heavy atom. The van der Waals surface area contributed by atoms with Crippen LogP contribution in [-0.2, 0) is 6.54 Å². The van der Waals surface area contributed by atoms with Crippen molar-refractivity contribution in [2.24, 2.45) is 5.92 Å². The SMILES string of the molecule is Cc1ncsc1CNCC1CCN(CC(F)(F)F)C1. The lowest BCUT2D eigenvalue weighted by atomic mass is 10.1. The van der Waals surface area contributed by atoms with Crippen LogP contribution in [0.25, 0.3) is 0 Å². The third kappa shape index (κ3) is 4.74. The molecule has 0 bridgehead atoms. The molecule has 1 aliphatic rings. The topological polar surface area (TPSA) is 28.2 Å². The molecule has 0 aromatic carbocycles.